The molecular formula is C7H6Br2N2O4. The van der Waals surface area contributed by atoms with Crippen molar-refractivity contribution in [2.75, 3.05) is 0 Å². The first-order valence-electron chi connectivity index (χ1n) is 3.71. The van der Waals surface area contributed by atoms with Crippen LogP contribution in [0.2, 0.25) is 0 Å². The van der Waals surface area contributed by atoms with Gasteiger partial charge in [-0.1, -0.05) is 15.9 Å². The lowest BCUT2D eigenvalue weighted by Crippen LogP contribution is -2.43. The van der Waals surface area contributed by atoms with Crippen molar-refractivity contribution in [3.8, 4) is 0 Å². The van der Waals surface area contributed by atoms with Crippen LogP contribution >= 0.6 is 31.9 Å². The van der Waals surface area contributed by atoms with Gasteiger partial charge in [-0.3, -0.25) is 9.59 Å². The Hall–Kier alpha value is -0.890. The van der Waals surface area contributed by atoms with Crippen LogP contribution in [0.4, 0.5) is 0 Å². The van der Waals surface area contributed by atoms with E-state index in [4.69, 9.17) is 16.2 Å². The van der Waals surface area contributed by atoms with Gasteiger partial charge in [0.05, 0.1) is 4.48 Å². The van der Waals surface area contributed by atoms with Crippen molar-refractivity contribution in [3.63, 3.8) is 0 Å². The smallest absolute Gasteiger partial charge is 0.346 e. The predicted molar refractivity (Wildman–Crippen MR) is 56.6 cm³/mol. The standard InChI is InChI=1S/C7H6Br2N2O4/c8-2-3(9)7(14)15-4(2)1(5(10)12)6(11)13/h1,4H,(H2,10,12)(H2,11,13)/t4-/m0/s1. The molecule has 8 heteroatoms. The van der Waals surface area contributed by atoms with E-state index in [2.05, 4.69) is 31.9 Å². The highest BCUT2D eigenvalue weighted by Crippen LogP contribution is 2.35. The maximum Gasteiger partial charge on any atom is 0.346 e. The van der Waals surface area contributed by atoms with Crippen molar-refractivity contribution in [3.05, 3.63) is 8.96 Å². The van der Waals surface area contributed by atoms with Crippen LogP contribution in [0.25, 0.3) is 0 Å². The van der Waals surface area contributed by atoms with E-state index in [1.807, 2.05) is 0 Å². The number of hydrogen-bond donors (Lipinski definition) is 2. The molecule has 0 aromatic heterocycles. The van der Waals surface area contributed by atoms with Gasteiger partial charge in [-0.05, 0) is 15.9 Å². The van der Waals surface area contributed by atoms with E-state index in [0.717, 1.165) is 0 Å². The van der Waals surface area contributed by atoms with Gasteiger partial charge in [0, 0.05) is 0 Å². The highest BCUT2D eigenvalue weighted by Gasteiger charge is 2.42. The maximum absolute atomic E-state index is 11.1. The van der Waals surface area contributed by atoms with E-state index >= 15 is 0 Å². The molecule has 15 heavy (non-hydrogen) atoms. The molecule has 6 nitrogen and oxygen atoms in total. The normalized spacial score (nSPS) is 20.7. The molecule has 0 spiro atoms. The number of carbonyl (C=O) groups is 3. The summed E-state index contributed by atoms with van der Waals surface area (Å²) in [5, 5.41) is 0. The Morgan fingerprint density at radius 2 is 1.73 bits per heavy atom. The number of cyclic esters (lactones) is 1. The van der Waals surface area contributed by atoms with Crippen molar-refractivity contribution in [2.24, 2.45) is 17.4 Å². The second kappa shape index (κ2) is 4.31. The first-order valence-corrected chi connectivity index (χ1v) is 5.29. The maximum atomic E-state index is 11.1. The number of ether oxygens (including phenoxy) is 1. The zero-order chi connectivity index (χ0) is 11.7. The van der Waals surface area contributed by atoms with Gasteiger partial charge in [0.15, 0.2) is 12.0 Å². The number of hydrogen-bond acceptors (Lipinski definition) is 4. The van der Waals surface area contributed by atoms with Gasteiger partial charge in [-0.2, -0.15) is 0 Å². The highest BCUT2D eigenvalue weighted by molar-refractivity contribution is 9.14. The molecule has 0 aromatic carbocycles. The van der Waals surface area contributed by atoms with Crippen molar-refractivity contribution < 1.29 is 19.1 Å². The fourth-order valence-corrected chi connectivity index (χ4v) is 1.93. The molecule has 0 bridgehead atoms. The van der Waals surface area contributed by atoms with Gasteiger partial charge < -0.3 is 16.2 Å². The number of rotatable bonds is 3. The van der Waals surface area contributed by atoms with Crippen LogP contribution < -0.4 is 11.5 Å². The molecule has 1 heterocycles. The van der Waals surface area contributed by atoms with Gasteiger partial charge in [0.25, 0.3) is 0 Å². The molecule has 0 saturated carbocycles. The summed E-state index contributed by atoms with van der Waals surface area (Å²) in [5.41, 5.74) is 9.96. The fraction of sp³-hybridized carbons (Fsp3) is 0.286. The molecule has 1 aliphatic heterocycles. The van der Waals surface area contributed by atoms with E-state index in [1.165, 1.54) is 0 Å². The van der Waals surface area contributed by atoms with E-state index in [-0.39, 0.29) is 8.96 Å². The Morgan fingerprint density at radius 3 is 2.00 bits per heavy atom. The monoisotopic (exact) mass is 340 g/mol. The SMILES string of the molecule is NC(=O)C(C(N)=O)[C@@H]1OC(=O)C(Br)=C1Br. The Kier molecular flexibility index (Phi) is 3.50. The van der Waals surface area contributed by atoms with Gasteiger partial charge in [-0.25, -0.2) is 4.79 Å². The zero-order valence-corrected chi connectivity index (χ0v) is 10.4. The predicted octanol–water partition coefficient (Wildman–Crippen LogP) is -0.500. The van der Waals surface area contributed by atoms with E-state index in [9.17, 15) is 14.4 Å². The third kappa shape index (κ3) is 2.20. The van der Waals surface area contributed by atoms with Gasteiger partial charge >= 0.3 is 5.97 Å². The second-order valence-corrected chi connectivity index (χ2v) is 4.42. The summed E-state index contributed by atoms with van der Waals surface area (Å²) in [4.78, 5) is 33.0. The van der Waals surface area contributed by atoms with Crippen molar-refractivity contribution in [2.45, 2.75) is 6.10 Å². The van der Waals surface area contributed by atoms with Crippen LogP contribution in [0.5, 0.6) is 0 Å². The minimum Gasteiger partial charge on any atom is -0.451 e. The Balaban J connectivity index is 3.04. The number of amides is 2. The molecular weight excluding hydrogens is 336 g/mol. The first-order chi connectivity index (χ1) is 6.86. The summed E-state index contributed by atoms with van der Waals surface area (Å²) in [6, 6.07) is 0. The number of carbonyl (C=O) groups excluding carboxylic acids is 3. The third-order valence-corrected chi connectivity index (χ3v) is 3.92. The molecule has 0 radical (unpaired) electrons. The van der Waals surface area contributed by atoms with Crippen molar-refractivity contribution in [1.29, 1.82) is 0 Å². The van der Waals surface area contributed by atoms with Gasteiger partial charge in [0.1, 0.15) is 4.48 Å². The fourth-order valence-electron chi connectivity index (χ4n) is 1.09. The third-order valence-electron chi connectivity index (χ3n) is 1.79. The summed E-state index contributed by atoms with van der Waals surface area (Å²) in [6.07, 6.45) is -1.08. The lowest BCUT2D eigenvalue weighted by molar-refractivity contribution is -0.145. The largest absolute Gasteiger partial charge is 0.451 e. The Bertz CT molecular complexity index is 365. The summed E-state index contributed by atoms with van der Waals surface area (Å²) in [7, 11) is 0. The summed E-state index contributed by atoms with van der Waals surface area (Å²) in [6.45, 7) is 0. The lowest BCUT2D eigenvalue weighted by atomic mass is 10.0. The average molecular weight is 342 g/mol. The molecule has 82 valence electrons. The first kappa shape index (κ1) is 12.2. The lowest BCUT2D eigenvalue weighted by Gasteiger charge is -2.16. The van der Waals surface area contributed by atoms with Crippen LogP contribution in [-0.2, 0) is 19.1 Å². The van der Waals surface area contributed by atoms with Gasteiger partial charge in [0.2, 0.25) is 11.8 Å². The topological polar surface area (TPSA) is 112 Å². The molecule has 1 rings (SSSR count). The van der Waals surface area contributed by atoms with Gasteiger partial charge in [-0.15, -0.1) is 0 Å². The summed E-state index contributed by atoms with van der Waals surface area (Å²) >= 11 is 5.95. The zero-order valence-electron chi connectivity index (χ0n) is 7.20. The van der Waals surface area contributed by atoms with E-state index < -0.39 is 29.8 Å². The van der Waals surface area contributed by atoms with Crippen LogP contribution in [-0.4, -0.2) is 23.9 Å². The number of nitrogens with two attached hydrogens (primary N) is 2. The van der Waals surface area contributed by atoms with Crippen LogP contribution in [0, 0.1) is 5.92 Å². The molecule has 0 saturated heterocycles. The highest BCUT2D eigenvalue weighted by atomic mass is 79.9. The van der Waals surface area contributed by atoms with Crippen LogP contribution in [0.1, 0.15) is 0 Å². The van der Waals surface area contributed by atoms with E-state index in [1.54, 1.807) is 0 Å². The quantitative estimate of drug-likeness (QED) is 0.532. The summed E-state index contributed by atoms with van der Waals surface area (Å²) in [5.74, 6) is -3.95. The summed E-state index contributed by atoms with van der Waals surface area (Å²) < 4.78 is 5.12. The van der Waals surface area contributed by atoms with Crippen molar-refractivity contribution >= 4 is 49.6 Å². The molecule has 2 amide bonds. The minimum absolute atomic E-state index is 0.111. The Morgan fingerprint density at radius 1 is 1.27 bits per heavy atom. The second-order valence-electron chi connectivity index (χ2n) is 2.77. The molecule has 1 aliphatic rings. The van der Waals surface area contributed by atoms with Crippen LogP contribution in [0.3, 0.4) is 0 Å². The molecule has 1 atom stereocenters. The molecule has 0 fully saturated rings. The average Bonchev–Trinajstić information content (AvgIpc) is 2.33. The molecule has 0 aromatic rings. The number of esters is 1. The molecule has 4 N–H and O–H groups in total. The minimum atomic E-state index is -1.38. The molecule has 0 unspecified atom stereocenters. The number of halogens is 2. The Labute approximate surface area is 101 Å². The van der Waals surface area contributed by atoms with E-state index in [0.29, 0.717) is 0 Å². The molecule has 0 aliphatic carbocycles. The van der Waals surface area contributed by atoms with Crippen molar-refractivity contribution in [1.82, 2.24) is 0 Å². The van der Waals surface area contributed by atoms with Crippen LogP contribution in [0.15, 0.2) is 8.96 Å². The number of primary amides is 2.